The molecular formula is C15H19FN2O7. The molecule has 2 N–H and O–H groups in total. The van der Waals surface area contributed by atoms with Gasteiger partial charge < -0.3 is 19.9 Å². The maximum atomic E-state index is 13.7. The maximum absolute atomic E-state index is 13.7. The summed E-state index contributed by atoms with van der Waals surface area (Å²) in [6.07, 6.45) is -0.992. The molecule has 0 unspecified atom stereocenters. The lowest BCUT2D eigenvalue weighted by atomic mass is 10.2. The standard InChI is InChI=1S/C15H19FN2O7/c1-8-5-9(16)12(18(22)23)11(6-8)24-7-10(13(19)20)17-14(21)25-15(2,3)4/h5-6,10H,7H2,1-4H3,(H,17,21)(H,19,20)/t10-/m0/s1. The fraction of sp³-hybridized carbons (Fsp3) is 0.467. The molecule has 0 aliphatic rings. The van der Waals surface area contributed by atoms with Crippen LogP contribution in [0.5, 0.6) is 5.75 Å². The lowest BCUT2D eigenvalue weighted by Gasteiger charge is -2.22. The molecule has 138 valence electrons. The van der Waals surface area contributed by atoms with Crippen molar-refractivity contribution in [3.05, 3.63) is 33.6 Å². The lowest BCUT2D eigenvalue weighted by molar-refractivity contribution is -0.388. The summed E-state index contributed by atoms with van der Waals surface area (Å²) < 4.78 is 23.7. The molecule has 10 heteroatoms. The molecule has 0 heterocycles. The third kappa shape index (κ3) is 6.24. The monoisotopic (exact) mass is 358 g/mol. The summed E-state index contributed by atoms with van der Waals surface area (Å²) in [5.74, 6) is -2.98. The summed E-state index contributed by atoms with van der Waals surface area (Å²) in [6.45, 7) is 5.62. The third-order valence-electron chi connectivity index (χ3n) is 2.75. The molecule has 1 amide bonds. The van der Waals surface area contributed by atoms with Gasteiger partial charge in [0, 0.05) is 0 Å². The summed E-state index contributed by atoms with van der Waals surface area (Å²) in [5, 5.41) is 22.1. The van der Waals surface area contributed by atoms with Gasteiger partial charge in [0.15, 0.2) is 6.04 Å². The number of ether oxygens (including phenoxy) is 2. The first-order valence-corrected chi connectivity index (χ1v) is 7.20. The number of hydrogen-bond donors (Lipinski definition) is 2. The predicted molar refractivity (Wildman–Crippen MR) is 84.1 cm³/mol. The number of carboxylic acid groups (broad SMARTS) is 1. The lowest BCUT2D eigenvalue weighted by Crippen LogP contribution is -2.46. The number of benzene rings is 1. The van der Waals surface area contributed by atoms with E-state index in [4.69, 9.17) is 14.6 Å². The molecule has 0 spiro atoms. The second-order valence-electron chi connectivity index (χ2n) is 6.20. The number of hydrogen-bond acceptors (Lipinski definition) is 6. The van der Waals surface area contributed by atoms with Crippen LogP contribution in [-0.4, -0.2) is 40.3 Å². The molecule has 25 heavy (non-hydrogen) atoms. The highest BCUT2D eigenvalue weighted by Gasteiger charge is 2.27. The fourth-order valence-electron chi connectivity index (χ4n) is 1.79. The number of aryl methyl sites for hydroxylation is 1. The minimum atomic E-state index is -1.54. The molecule has 0 bridgehead atoms. The zero-order valence-corrected chi connectivity index (χ0v) is 14.2. The zero-order valence-electron chi connectivity index (χ0n) is 14.2. The highest BCUT2D eigenvalue weighted by atomic mass is 19.1. The Morgan fingerprint density at radius 3 is 2.48 bits per heavy atom. The number of alkyl carbamates (subject to hydrolysis) is 1. The van der Waals surface area contributed by atoms with Gasteiger partial charge >= 0.3 is 17.7 Å². The van der Waals surface area contributed by atoms with E-state index in [9.17, 15) is 24.1 Å². The molecular weight excluding hydrogens is 339 g/mol. The van der Waals surface area contributed by atoms with Crippen molar-refractivity contribution in [2.75, 3.05) is 6.61 Å². The van der Waals surface area contributed by atoms with Crippen LogP contribution in [0.1, 0.15) is 26.3 Å². The summed E-state index contributed by atoms with van der Waals surface area (Å²) in [4.78, 5) is 32.8. The van der Waals surface area contributed by atoms with Gasteiger partial charge in [0.1, 0.15) is 12.2 Å². The van der Waals surface area contributed by atoms with Crippen LogP contribution in [0.4, 0.5) is 14.9 Å². The largest absolute Gasteiger partial charge is 0.484 e. The number of nitrogens with zero attached hydrogens (tertiary/aromatic N) is 1. The normalized spacial score (nSPS) is 12.2. The van der Waals surface area contributed by atoms with Gasteiger partial charge in [-0.2, -0.15) is 4.39 Å². The van der Waals surface area contributed by atoms with Crippen molar-refractivity contribution in [3.63, 3.8) is 0 Å². The maximum Gasteiger partial charge on any atom is 0.408 e. The number of aliphatic carboxylic acids is 1. The molecule has 0 fully saturated rings. The number of halogens is 1. The van der Waals surface area contributed by atoms with Crippen molar-refractivity contribution in [3.8, 4) is 5.75 Å². The van der Waals surface area contributed by atoms with Crippen LogP contribution in [-0.2, 0) is 9.53 Å². The number of nitro groups is 1. The van der Waals surface area contributed by atoms with Crippen molar-refractivity contribution in [2.24, 2.45) is 0 Å². The molecule has 0 saturated carbocycles. The van der Waals surface area contributed by atoms with E-state index in [1.807, 2.05) is 0 Å². The van der Waals surface area contributed by atoms with Crippen LogP contribution < -0.4 is 10.1 Å². The van der Waals surface area contributed by atoms with Crippen molar-refractivity contribution >= 4 is 17.7 Å². The topological polar surface area (TPSA) is 128 Å². The first-order chi connectivity index (χ1) is 11.4. The van der Waals surface area contributed by atoms with Crippen molar-refractivity contribution in [1.29, 1.82) is 0 Å². The Balaban J connectivity index is 2.91. The Kier molecular flexibility index (Phi) is 6.26. The van der Waals surface area contributed by atoms with E-state index in [1.54, 1.807) is 20.8 Å². The van der Waals surface area contributed by atoms with Crippen LogP contribution in [0.3, 0.4) is 0 Å². The second-order valence-corrected chi connectivity index (χ2v) is 6.20. The zero-order chi connectivity index (χ0) is 19.4. The number of nitrogens with one attached hydrogen (secondary N) is 1. The Bertz CT molecular complexity index is 685. The number of carboxylic acids is 1. The number of nitro benzene ring substituents is 1. The SMILES string of the molecule is Cc1cc(F)c([N+](=O)[O-])c(OC[C@H](NC(=O)OC(C)(C)C)C(=O)O)c1. The van der Waals surface area contributed by atoms with Crippen LogP contribution in [0.25, 0.3) is 0 Å². The van der Waals surface area contributed by atoms with E-state index in [2.05, 4.69) is 5.32 Å². The van der Waals surface area contributed by atoms with Gasteiger partial charge in [0.05, 0.1) is 4.92 Å². The second kappa shape index (κ2) is 7.77. The minimum Gasteiger partial charge on any atom is -0.484 e. The molecule has 1 rings (SSSR count). The van der Waals surface area contributed by atoms with E-state index in [0.29, 0.717) is 5.56 Å². The van der Waals surface area contributed by atoms with E-state index in [0.717, 1.165) is 6.07 Å². The first kappa shape index (κ1) is 20.1. The van der Waals surface area contributed by atoms with Crippen molar-refractivity contribution in [1.82, 2.24) is 5.32 Å². The van der Waals surface area contributed by atoms with Gasteiger partial charge in [-0.25, -0.2) is 9.59 Å². The molecule has 1 aromatic carbocycles. The number of amides is 1. The summed E-state index contributed by atoms with van der Waals surface area (Å²) >= 11 is 0. The number of carbonyl (C=O) groups is 2. The van der Waals surface area contributed by atoms with E-state index < -0.39 is 52.5 Å². The van der Waals surface area contributed by atoms with Crippen LogP contribution in [0.15, 0.2) is 12.1 Å². The molecule has 0 aliphatic heterocycles. The average molecular weight is 358 g/mol. The van der Waals surface area contributed by atoms with Gasteiger partial charge in [0.2, 0.25) is 11.6 Å². The Morgan fingerprint density at radius 2 is 2.00 bits per heavy atom. The van der Waals surface area contributed by atoms with Crippen LogP contribution in [0.2, 0.25) is 0 Å². The molecule has 0 aliphatic carbocycles. The molecule has 0 radical (unpaired) electrons. The van der Waals surface area contributed by atoms with Crippen molar-refractivity contribution < 1.29 is 33.5 Å². The Morgan fingerprint density at radius 1 is 1.40 bits per heavy atom. The molecule has 0 saturated heterocycles. The summed E-state index contributed by atoms with van der Waals surface area (Å²) in [5.41, 5.74) is -1.40. The summed E-state index contributed by atoms with van der Waals surface area (Å²) in [6, 6.07) is 0.615. The molecule has 0 aromatic heterocycles. The van der Waals surface area contributed by atoms with Crippen molar-refractivity contribution in [2.45, 2.75) is 39.3 Å². The first-order valence-electron chi connectivity index (χ1n) is 7.20. The highest BCUT2D eigenvalue weighted by molar-refractivity contribution is 5.80. The highest BCUT2D eigenvalue weighted by Crippen LogP contribution is 2.31. The molecule has 1 atom stereocenters. The number of rotatable bonds is 6. The Labute approximate surface area is 142 Å². The smallest absolute Gasteiger partial charge is 0.408 e. The van der Waals surface area contributed by atoms with E-state index in [1.165, 1.54) is 13.0 Å². The van der Waals surface area contributed by atoms with Gasteiger partial charge in [-0.15, -0.1) is 0 Å². The van der Waals surface area contributed by atoms with E-state index in [-0.39, 0.29) is 0 Å². The molecule has 9 nitrogen and oxygen atoms in total. The van der Waals surface area contributed by atoms with Gasteiger partial charge in [-0.3, -0.25) is 10.1 Å². The van der Waals surface area contributed by atoms with E-state index >= 15 is 0 Å². The van der Waals surface area contributed by atoms with Gasteiger partial charge in [-0.05, 0) is 45.4 Å². The predicted octanol–water partition coefficient (Wildman–Crippen LogP) is 2.40. The van der Waals surface area contributed by atoms with Gasteiger partial charge in [-0.1, -0.05) is 0 Å². The fourth-order valence-corrected chi connectivity index (χ4v) is 1.79. The Hall–Kier alpha value is -2.91. The van der Waals surface area contributed by atoms with Crippen LogP contribution >= 0.6 is 0 Å². The quantitative estimate of drug-likeness (QED) is 0.590. The molecule has 1 aromatic rings. The average Bonchev–Trinajstić information content (AvgIpc) is 2.39. The minimum absolute atomic E-state index is 0.352. The third-order valence-corrected chi connectivity index (χ3v) is 2.75. The van der Waals surface area contributed by atoms with Gasteiger partial charge in [0.25, 0.3) is 0 Å². The number of carbonyl (C=O) groups excluding carboxylic acids is 1. The van der Waals surface area contributed by atoms with Crippen LogP contribution in [0, 0.1) is 22.9 Å². The summed E-state index contributed by atoms with van der Waals surface area (Å²) in [7, 11) is 0.